The van der Waals surface area contributed by atoms with Gasteiger partial charge >= 0.3 is 0 Å². The maximum atomic E-state index is 5.74. The van der Waals surface area contributed by atoms with Crippen molar-refractivity contribution in [3.8, 4) is 23.0 Å². The average Bonchev–Trinajstić information content (AvgIpc) is 2.61. The second-order valence-corrected chi connectivity index (χ2v) is 5.09. The fourth-order valence-corrected chi connectivity index (χ4v) is 2.18. The lowest BCUT2D eigenvalue weighted by Crippen LogP contribution is -2.01. The first-order valence-electron chi connectivity index (χ1n) is 7.86. The quantitative estimate of drug-likeness (QED) is 0.611. The Morgan fingerprint density at radius 2 is 1.30 bits per heavy atom. The van der Waals surface area contributed by atoms with E-state index < -0.39 is 0 Å². The summed E-state index contributed by atoms with van der Waals surface area (Å²) in [5.41, 5.74) is 0. The van der Waals surface area contributed by atoms with Gasteiger partial charge in [-0.2, -0.15) is 0 Å². The Labute approximate surface area is 137 Å². The third kappa shape index (κ3) is 5.74. The molecule has 0 aromatic heterocycles. The van der Waals surface area contributed by atoms with E-state index >= 15 is 0 Å². The SMILES string of the molecule is COc1ccc(OCCCCCOc2ccccc2)cc1OC. The number of para-hydroxylation sites is 1. The van der Waals surface area contributed by atoms with Gasteiger partial charge in [-0.25, -0.2) is 0 Å². The number of hydrogen-bond donors (Lipinski definition) is 0. The molecule has 4 nitrogen and oxygen atoms in total. The second kappa shape index (κ2) is 9.62. The molecule has 0 aliphatic carbocycles. The highest BCUT2D eigenvalue weighted by atomic mass is 16.5. The normalized spacial score (nSPS) is 10.2. The summed E-state index contributed by atoms with van der Waals surface area (Å²) in [6.07, 6.45) is 3.08. The number of hydrogen-bond acceptors (Lipinski definition) is 4. The van der Waals surface area contributed by atoms with Gasteiger partial charge in [-0.3, -0.25) is 0 Å². The minimum atomic E-state index is 0.681. The van der Waals surface area contributed by atoms with Crippen LogP contribution in [0.4, 0.5) is 0 Å². The first-order valence-corrected chi connectivity index (χ1v) is 7.86. The first-order chi connectivity index (χ1) is 11.3. The standard InChI is InChI=1S/C19H24O4/c1-20-18-12-11-17(15-19(18)21-2)23-14-8-4-7-13-22-16-9-5-3-6-10-16/h3,5-6,9-12,15H,4,7-8,13-14H2,1-2H3. The van der Waals surface area contributed by atoms with Crippen molar-refractivity contribution in [3.05, 3.63) is 48.5 Å². The van der Waals surface area contributed by atoms with Crippen LogP contribution in [-0.2, 0) is 0 Å². The fraction of sp³-hybridized carbons (Fsp3) is 0.368. The van der Waals surface area contributed by atoms with Crippen molar-refractivity contribution in [2.45, 2.75) is 19.3 Å². The Hall–Kier alpha value is -2.36. The Balaban J connectivity index is 1.60. The van der Waals surface area contributed by atoms with Crippen LogP contribution in [-0.4, -0.2) is 27.4 Å². The van der Waals surface area contributed by atoms with Crippen LogP contribution in [0.5, 0.6) is 23.0 Å². The van der Waals surface area contributed by atoms with Gasteiger partial charge in [0, 0.05) is 6.07 Å². The Kier molecular flexibility index (Phi) is 7.11. The molecule has 23 heavy (non-hydrogen) atoms. The molecule has 2 aromatic carbocycles. The summed E-state index contributed by atoms with van der Waals surface area (Å²) in [6.45, 7) is 1.42. The molecular formula is C19H24O4. The van der Waals surface area contributed by atoms with E-state index in [-0.39, 0.29) is 0 Å². The maximum Gasteiger partial charge on any atom is 0.164 e. The molecule has 0 atom stereocenters. The first kappa shape index (κ1) is 17.0. The summed E-state index contributed by atoms with van der Waals surface area (Å²) in [6, 6.07) is 15.5. The molecule has 124 valence electrons. The van der Waals surface area contributed by atoms with Gasteiger partial charge in [0.1, 0.15) is 11.5 Å². The van der Waals surface area contributed by atoms with Gasteiger partial charge in [0.2, 0.25) is 0 Å². The van der Waals surface area contributed by atoms with E-state index in [2.05, 4.69) is 0 Å². The van der Waals surface area contributed by atoms with Crippen LogP contribution in [0, 0.1) is 0 Å². The molecule has 2 aromatic rings. The monoisotopic (exact) mass is 316 g/mol. The fourth-order valence-electron chi connectivity index (χ4n) is 2.18. The predicted octanol–water partition coefficient (Wildman–Crippen LogP) is 4.33. The zero-order chi connectivity index (χ0) is 16.3. The van der Waals surface area contributed by atoms with E-state index in [1.54, 1.807) is 14.2 Å². The molecule has 0 unspecified atom stereocenters. The molecule has 0 amide bonds. The lowest BCUT2D eigenvalue weighted by atomic mass is 10.2. The van der Waals surface area contributed by atoms with Crippen LogP contribution in [0.1, 0.15) is 19.3 Å². The molecule has 0 saturated carbocycles. The van der Waals surface area contributed by atoms with Gasteiger partial charge in [-0.15, -0.1) is 0 Å². The van der Waals surface area contributed by atoms with Crippen molar-refractivity contribution in [2.75, 3.05) is 27.4 Å². The summed E-state index contributed by atoms with van der Waals surface area (Å²) in [7, 11) is 3.24. The molecule has 0 N–H and O–H groups in total. The van der Waals surface area contributed by atoms with Crippen molar-refractivity contribution < 1.29 is 18.9 Å². The molecule has 0 fully saturated rings. The van der Waals surface area contributed by atoms with E-state index in [4.69, 9.17) is 18.9 Å². The number of methoxy groups -OCH3 is 2. The molecule has 0 aliphatic rings. The summed E-state index contributed by atoms with van der Waals surface area (Å²) < 4.78 is 21.9. The number of unbranched alkanes of at least 4 members (excludes halogenated alkanes) is 2. The number of benzene rings is 2. The topological polar surface area (TPSA) is 36.9 Å². The van der Waals surface area contributed by atoms with E-state index in [0.29, 0.717) is 18.1 Å². The molecule has 4 heteroatoms. The molecule has 0 aliphatic heterocycles. The highest BCUT2D eigenvalue weighted by molar-refractivity contribution is 5.45. The Morgan fingerprint density at radius 1 is 0.652 bits per heavy atom. The van der Waals surface area contributed by atoms with Crippen LogP contribution in [0.15, 0.2) is 48.5 Å². The third-order valence-corrected chi connectivity index (χ3v) is 3.42. The van der Waals surface area contributed by atoms with Crippen LogP contribution >= 0.6 is 0 Å². The lowest BCUT2D eigenvalue weighted by Gasteiger charge is -2.11. The molecule has 0 radical (unpaired) electrons. The van der Waals surface area contributed by atoms with E-state index in [1.165, 1.54) is 0 Å². The van der Waals surface area contributed by atoms with Gasteiger partial charge in [-0.05, 0) is 43.5 Å². The molecule has 0 spiro atoms. The van der Waals surface area contributed by atoms with Crippen molar-refractivity contribution in [2.24, 2.45) is 0 Å². The smallest absolute Gasteiger partial charge is 0.164 e. The highest BCUT2D eigenvalue weighted by Crippen LogP contribution is 2.30. The lowest BCUT2D eigenvalue weighted by molar-refractivity contribution is 0.277. The van der Waals surface area contributed by atoms with Gasteiger partial charge in [0.05, 0.1) is 27.4 Å². The van der Waals surface area contributed by atoms with E-state index in [1.807, 2.05) is 48.5 Å². The molecule has 0 saturated heterocycles. The molecule has 0 bridgehead atoms. The van der Waals surface area contributed by atoms with Crippen molar-refractivity contribution in [1.29, 1.82) is 0 Å². The number of rotatable bonds is 10. The predicted molar refractivity (Wildman–Crippen MR) is 90.8 cm³/mol. The maximum absolute atomic E-state index is 5.74. The van der Waals surface area contributed by atoms with Crippen LogP contribution in [0.2, 0.25) is 0 Å². The van der Waals surface area contributed by atoms with Crippen molar-refractivity contribution in [1.82, 2.24) is 0 Å². The minimum Gasteiger partial charge on any atom is -0.494 e. The van der Waals surface area contributed by atoms with Gasteiger partial charge < -0.3 is 18.9 Å². The van der Waals surface area contributed by atoms with E-state index in [9.17, 15) is 0 Å². The van der Waals surface area contributed by atoms with Gasteiger partial charge in [0.25, 0.3) is 0 Å². The largest absolute Gasteiger partial charge is 0.494 e. The van der Waals surface area contributed by atoms with Crippen LogP contribution in [0.3, 0.4) is 0 Å². The summed E-state index contributed by atoms with van der Waals surface area (Å²) >= 11 is 0. The summed E-state index contributed by atoms with van der Waals surface area (Å²) in [4.78, 5) is 0. The van der Waals surface area contributed by atoms with Crippen LogP contribution < -0.4 is 18.9 Å². The minimum absolute atomic E-state index is 0.681. The highest BCUT2D eigenvalue weighted by Gasteiger charge is 2.05. The van der Waals surface area contributed by atoms with Crippen molar-refractivity contribution >= 4 is 0 Å². The van der Waals surface area contributed by atoms with Crippen molar-refractivity contribution in [3.63, 3.8) is 0 Å². The Morgan fingerprint density at radius 3 is 1.96 bits per heavy atom. The zero-order valence-corrected chi connectivity index (χ0v) is 13.8. The zero-order valence-electron chi connectivity index (χ0n) is 13.8. The summed E-state index contributed by atoms with van der Waals surface area (Å²) in [5, 5.41) is 0. The molecular weight excluding hydrogens is 292 g/mol. The summed E-state index contributed by atoms with van der Waals surface area (Å²) in [5.74, 6) is 3.11. The average molecular weight is 316 g/mol. The Bertz CT molecular complexity index is 569. The second-order valence-electron chi connectivity index (χ2n) is 5.09. The molecule has 0 heterocycles. The molecule has 2 rings (SSSR count). The third-order valence-electron chi connectivity index (χ3n) is 3.42. The van der Waals surface area contributed by atoms with Gasteiger partial charge in [-0.1, -0.05) is 18.2 Å². The van der Waals surface area contributed by atoms with Gasteiger partial charge in [0.15, 0.2) is 11.5 Å². The van der Waals surface area contributed by atoms with E-state index in [0.717, 1.165) is 37.4 Å². The van der Waals surface area contributed by atoms with Crippen LogP contribution in [0.25, 0.3) is 0 Å². The number of ether oxygens (including phenoxy) is 4.